The monoisotopic (exact) mass is 501 g/mol. The third-order valence-electron chi connectivity index (χ3n) is 5.38. The van der Waals surface area contributed by atoms with Crippen molar-refractivity contribution >= 4 is 56.8 Å². The molecule has 1 rings (SSSR count). The SMILES string of the molecule is CNCCNC(=O)[C@H](CC(=O)CC=NP)N(C)C(=O)CCCCCSC1CC(=O)N(C)C1=O. The van der Waals surface area contributed by atoms with Crippen molar-refractivity contribution in [1.82, 2.24) is 20.4 Å². The molecule has 0 aromatic heterocycles. The highest BCUT2D eigenvalue weighted by Gasteiger charge is 2.36. The van der Waals surface area contributed by atoms with E-state index in [-0.39, 0.29) is 60.3 Å². The first-order valence-corrected chi connectivity index (χ1v) is 12.6. The first-order chi connectivity index (χ1) is 15.7. The molecule has 0 saturated carbocycles. The van der Waals surface area contributed by atoms with Gasteiger partial charge in [-0.15, -0.1) is 11.8 Å². The Labute approximate surface area is 202 Å². The summed E-state index contributed by atoms with van der Waals surface area (Å²) in [6.45, 7) is 0.983. The zero-order valence-electron chi connectivity index (χ0n) is 19.7. The van der Waals surface area contributed by atoms with Crippen LogP contribution in [0.1, 0.15) is 44.9 Å². The molecule has 1 heterocycles. The van der Waals surface area contributed by atoms with Crippen LogP contribution in [0.3, 0.4) is 0 Å². The number of likely N-dealkylation sites (tertiary alicyclic amines) is 1. The molecule has 1 saturated heterocycles. The lowest BCUT2D eigenvalue weighted by Crippen LogP contribution is -2.49. The van der Waals surface area contributed by atoms with Crippen LogP contribution < -0.4 is 10.6 Å². The number of likely N-dealkylation sites (N-methyl/N-ethyl adjacent to an activating group) is 2. The van der Waals surface area contributed by atoms with Crippen LogP contribution in [0.5, 0.6) is 0 Å². The van der Waals surface area contributed by atoms with Crippen molar-refractivity contribution in [1.29, 1.82) is 0 Å². The number of amides is 4. The van der Waals surface area contributed by atoms with E-state index in [9.17, 15) is 24.0 Å². The van der Waals surface area contributed by atoms with Gasteiger partial charge in [-0.3, -0.25) is 33.6 Å². The van der Waals surface area contributed by atoms with Crippen molar-refractivity contribution in [2.45, 2.75) is 56.2 Å². The summed E-state index contributed by atoms with van der Waals surface area (Å²) < 4.78 is 3.71. The fourth-order valence-corrected chi connectivity index (χ4v) is 4.59. The normalized spacial score (nSPS) is 17.0. The lowest BCUT2D eigenvalue weighted by Gasteiger charge is -2.27. The van der Waals surface area contributed by atoms with E-state index in [1.807, 2.05) is 0 Å². The standard InChI is InChI=1S/C21H36N5O5PS/c1-22-10-11-23-20(30)16(13-15(27)8-9-24-32)25(2)18(28)7-5-4-6-12-33-17-14-19(29)26(3)21(17)31/h9,16-17,22H,4-8,10-14,32H2,1-3H3,(H,23,30)/t16-,17?/m0/s1. The molecule has 0 bridgehead atoms. The van der Waals surface area contributed by atoms with Crippen LogP contribution in [-0.2, 0) is 24.0 Å². The number of nitrogens with zero attached hydrogens (tertiary/aromatic N) is 3. The van der Waals surface area contributed by atoms with Crippen LogP contribution in [-0.4, -0.2) is 96.7 Å². The number of nitrogens with one attached hydrogen (secondary N) is 2. The predicted molar refractivity (Wildman–Crippen MR) is 133 cm³/mol. The van der Waals surface area contributed by atoms with Gasteiger partial charge in [0.1, 0.15) is 11.8 Å². The van der Waals surface area contributed by atoms with Crippen molar-refractivity contribution in [3.8, 4) is 0 Å². The summed E-state index contributed by atoms with van der Waals surface area (Å²) in [6, 6.07) is -0.863. The first-order valence-electron chi connectivity index (χ1n) is 11.1. The molecule has 0 aromatic rings. The molecular formula is C21H36N5O5PS. The second-order valence-electron chi connectivity index (χ2n) is 7.86. The number of hydrogen-bond acceptors (Lipinski definition) is 8. The molecule has 0 aromatic carbocycles. The summed E-state index contributed by atoms with van der Waals surface area (Å²) in [4.78, 5) is 63.5. The molecule has 12 heteroatoms. The van der Waals surface area contributed by atoms with E-state index < -0.39 is 6.04 Å². The molecule has 1 fully saturated rings. The van der Waals surface area contributed by atoms with Gasteiger partial charge in [0.15, 0.2) is 0 Å². The minimum absolute atomic E-state index is 0.0659. The maximum atomic E-state index is 12.7. The number of rotatable bonds is 16. The van der Waals surface area contributed by atoms with Crippen LogP contribution in [0, 0.1) is 0 Å². The van der Waals surface area contributed by atoms with Gasteiger partial charge in [-0.1, -0.05) is 6.42 Å². The van der Waals surface area contributed by atoms with Crippen LogP contribution in [0.15, 0.2) is 4.76 Å². The van der Waals surface area contributed by atoms with E-state index in [4.69, 9.17) is 0 Å². The van der Waals surface area contributed by atoms with Gasteiger partial charge in [0.25, 0.3) is 0 Å². The molecule has 4 amide bonds. The molecule has 0 aliphatic carbocycles. The molecule has 186 valence electrons. The smallest absolute Gasteiger partial charge is 0.243 e. The number of carbonyl (C=O) groups excluding carboxylic acids is 5. The van der Waals surface area contributed by atoms with Gasteiger partial charge in [-0.25, -0.2) is 0 Å². The Morgan fingerprint density at radius 2 is 2.00 bits per heavy atom. The molecule has 0 spiro atoms. The summed E-state index contributed by atoms with van der Waals surface area (Å²) >= 11 is 1.48. The molecule has 3 atom stereocenters. The minimum Gasteiger partial charge on any atom is -0.353 e. The molecule has 10 nitrogen and oxygen atoms in total. The van der Waals surface area contributed by atoms with Gasteiger partial charge in [0, 0.05) is 59.1 Å². The lowest BCUT2D eigenvalue weighted by atomic mass is 10.1. The Hall–Kier alpha value is -1.84. The third kappa shape index (κ3) is 10.3. The van der Waals surface area contributed by atoms with Crippen LogP contribution >= 0.6 is 21.2 Å². The zero-order chi connectivity index (χ0) is 24.8. The second-order valence-corrected chi connectivity index (χ2v) is 9.47. The second kappa shape index (κ2) is 15.9. The van der Waals surface area contributed by atoms with Gasteiger partial charge >= 0.3 is 0 Å². The van der Waals surface area contributed by atoms with Crippen molar-refractivity contribution < 1.29 is 24.0 Å². The Kier molecular flexibility index (Phi) is 14.1. The van der Waals surface area contributed by atoms with E-state index in [1.165, 1.54) is 34.8 Å². The first kappa shape index (κ1) is 29.2. The topological polar surface area (TPSA) is 128 Å². The highest BCUT2D eigenvalue weighted by atomic mass is 32.2. The number of thioether (sulfide) groups is 1. The molecule has 0 radical (unpaired) electrons. The molecule has 1 aliphatic heterocycles. The van der Waals surface area contributed by atoms with Crippen molar-refractivity contribution in [3.63, 3.8) is 0 Å². The van der Waals surface area contributed by atoms with E-state index in [1.54, 1.807) is 14.1 Å². The van der Waals surface area contributed by atoms with E-state index >= 15 is 0 Å². The quantitative estimate of drug-likeness (QED) is 0.136. The summed E-state index contributed by atoms with van der Waals surface area (Å²) in [5, 5.41) is 5.39. The van der Waals surface area contributed by atoms with Crippen LogP contribution in [0.25, 0.3) is 0 Å². The van der Waals surface area contributed by atoms with E-state index in [0.29, 0.717) is 19.5 Å². The predicted octanol–water partition coefficient (Wildman–Crippen LogP) is 0.410. The fraction of sp³-hybridized carbons (Fsp3) is 0.714. The Bertz CT molecular complexity index is 736. The highest BCUT2D eigenvalue weighted by molar-refractivity contribution is 8.00. The Morgan fingerprint density at radius 1 is 1.27 bits per heavy atom. The van der Waals surface area contributed by atoms with Gasteiger partial charge in [-0.2, -0.15) is 0 Å². The Morgan fingerprint density at radius 3 is 2.61 bits per heavy atom. The lowest BCUT2D eigenvalue weighted by molar-refractivity contribution is -0.140. The van der Waals surface area contributed by atoms with E-state index in [2.05, 4.69) is 24.8 Å². The number of Topliss-reactive ketones (excluding diaryl/α,β-unsaturated/α-hetero) is 1. The highest BCUT2D eigenvalue weighted by Crippen LogP contribution is 2.25. The number of unbranched alkanes of at least 4 members (excludes halogenated alkanes) is 2. The summed E-state index contributed by atoms with van der Waals surface area (Å²) in [5.74, 6) is -0.257. The van der Waals surface area contributed by atoms with Crippen molar-refractivity contribution in [2.24, 2.45) is 4.76 Å². The average molecular weight is 502 g/mol. The van der Waals surface area contributed by atoms with Gasteiger partial charge < -0.3 is 15.5 Å². The largest absolute Gasteiger partial charge is 0.353 e. The average Bonchev–Trinajstić information content (AvgIpc) is 3.04. The minimum atomic E-state index is -0.863. The maximum Gasteiger partial charge on any atom is 0.243 e. The van der Waals surface area contributed by atoms with Crippen molar-refractivity contribution in [2.75, 3.05) is 40.0 Å². The number of carbonyl (C=O) groups is 5. The number of ketones is 1. The summed E-state index contributed by atoms with van der Waals surface area (Å²) in [6.07, 6.45) is 4.27. The zero-order valence-corrected chi connectivity index (χ0v) is 21.6. The maximum absolute atomic E-state index is 12.7. The fourth-order valence-electron chi connectivity index (χ4n) is 3.27. The van der Waals surface area contributed by atoms with Crippen LogP contribution in [0.4, 0.5) is 0 Å². The molecular weight excluding hydrogens is 465 g/mol. The number of imide groups is 1. The van der Waals surface area contributed by atoms with Crippen LogP contribution in [0.2, 0.25) is 0 Å². The van der Waals surface area contributed by atoms with Gasteiger partial charge in [0.05, 0.1) is 5.25 Å². The summed E-state index contributed by atoms with van der Waals surface area (Å²) in [7, 11) is 6.98. The molecule has 2 unspecified atom stereocenters. The molecule has 33 heavy (non-hydrogen) atoms. The number of hydrogen-bond donors (Lipinski definition) is 2. The molecule has 2 N–H and O–H groups in total. The Balaban J connectivity index is 2.46. The van der Waals surface area contributed by atoms with Crippen molar-refractivity contribution in [3.05, 3.63) is 0 Å². The van der Waals surface area contributed by atoms with Gasteiger partial charge in [0.2, 0.25) is 23.6 Å². The summed E-state index contributed by atoms with van der Waals surface area (Å²) in [5.41, 5.74) is 0. The van der Waals surface area contributed by atoms with Gasteiger partial charge in [-0.05, 0) is 35.0 Å². The van der Waals surface area contributed by atoms with E-state index in [0.717, 1.165) is 18.6 Å². The third-order valence-corrected chi connectivity index (χ3v) is 6.88. The molecule has 1 aliphatic rings.